The van der Waals surface area contributed by atoms with Crippen LogP contribution in [-0.4, -0.2) is 49.2 Å². The lowest BCUT2D eigenvalue weighted by molar-refractivity contribution is -0.309. The molecule has 0 aromatic carbocycles. The number of hydrogen-bond donors (Lipinski definition) is 5. The van der Waals surface area contributed by atoms with Crippen molar-refractivity contribution in [3.63, 3.8) is 0 Å². The summed E-state index contributed by atoms with van der Waals surface area (Å²) in [6.45, 7) is 0.539. The third-order valence-electron chi connectivity index (χ3n) is 2.12. The van der Waals surface area contributed by atoms with E-state index in [1.807, 2.05) is 0 Å². The standard InChI is InChI=1S/C8H18O11P2/c1-8(12,5-7(10)11)4-6(9)2-3-18-21(16,17)19-20(13,14)15/h6,9,12H,2-5H2,1H3,(H,10,11)(H,16,17)(H2,13,14,15)/p-1. The second-order valence-corrected chi connectivity index (χ2v) is 7.40. The molecule has 0 aliphatic rings. The highest BCUT2D eigenvalue weighted by Crippen LogP contribution is 2.57. The van der Waals surface area contributed by atoms with E-state index in [1.54, 1.807) is 0 Å². The Morgan fingerprint density at radius 2 is 1.86 bits per heavy atom. The van der Waals surface area contributed by atoms with E-state index in [-0.39, 0.29) is 12.8 Å². The lowest BCUT2D eigenvalue weighted by Crippen LogP contribution is -2.38. The molecule has 0 aliphatic heterocycles. The summed E-state index contributed by atoms with van der Waals surface area (Å²) >= 11 is 0. The summed E-state index contributed by atoms with van der Waals surface area (Å²) in [6.07, 6.45) is -2.68. The number of carboxylic acids is 1. The normalized spacial score (nSPS) is 19.5. The average Bonchev–Trinajstić information content (AvgIpc) is 2.08. The fourth-order valence-electron chi connectivity index (χ4n) is 1.45. The first kappa shape index (κ1) is 20.6. The molecule has 0 saturated carbocycles. The van der Waals surface area contributed by atoms with Gasteiger partial charge in [0.15, 0.2) is 0 Å². The van der Waals surface area contributed by atoms with E-state index in [2.05, 4.69) is 8.83 Å². The fraction of sp³-hybridized carbons (Fsp3) is 0.875. The zero-order valence-corrected chi connectivity index (χ0v) is 12.8. The third-order valence-corrected chi connectivity index (χ3v) is 4.30. The maximum atomic E-state index is 11.0. The maximum Gasteiger partial charge on any atom is 0.481 e. The Labute approximate surface area is 120 Å². The van der Waals surface area contributed by atoms with Crippen molar-refractivity contribution in [2.75, 3.05) is 6.61 Å². The van der Waals surface area contributed by atoms with Crippen LogP contribution >= 0.6 is 15.6 Å². The van der Waals surface area contributed by atoms with Crippen LogP contribution in [0.2, 0.25) is 0 Å². The molecule has 0 spiro atoms. The fourth-order valence-corrected chi connectivity index (χ4v) is 3.05. The van der Waals surface area contributed by atoms with Crippen LogP contribution in [0.15, 0.2) is 0 Å². The molecule has 126 valence electrons. The van der Waals surface area contributed by atoms with Gasteiger partial charge in [0.2, 0.25) is 0 Å². The Morgan fingerprint density at radius 3 is 2.29 bits per heavy atom. The van der Waals surface area contributed by atoms with E-state index in [1.165, 1.54) is 0 Å². The summed E-state index contributed by atoms with van der Waals surface area (Å²) in [5.74, 6) is -1.52. The van der Waals surface area contributed by atoms with Gasteiger partial charge in [-0.2, -0.15) is 4.31 Å². The second-order valence-electron chi connectivity index (χ2n) is 4.57. The molecule has 5 N–H and O–H groups in total. The first-order chi connectivity index (χ1) is 9.22. The molecule has 0 aromatic rings. The number of carbonyl (C=O) groups excluding carboxylic acids is 1. The molecule has 0 rings (SSSR count). The van der Waals surface area contributed by atoms with Crippen LogP contribution in [0.3, 0.4) is 0 Å². The lowest BCUT2D eigenvalue weighted by Gasteiger charge is -2.26. The van der Waals surface area contributed by atoms with E-state index in [9.17, 15) is 29.2 Å². The molecule has 0 aromatic heterocycles. The minimum Gasteiger partial charge on any atom is -0.550 e. The van der Waals surface area contributed by atoms with Crippen LogP contribution in [0.1, 0.15) is 26.2 Å². The van der Waals surface area contributed by atoms with Crippen molar-refractivity contribution in [1.29, 1.82) is 0 Å². The van der Waals surface area contributed by atoms with Crippen molar-refractivity contribution >= 4 is 21.6 Å². The Morgan fingerprint density at radius 1 is 1.33 bits per heavy atom. The number of phosphoric acid groups is 2. The van der Waals surface area contributed by atoms with E-state index < -0.39 is 46.3 Å². The molecule has 0 radical (unpaired) electrons. The van der Waals surface area contributed by atoms with Crippen LogP contribution in [0.5, 0.6) is 0 Å². The van der Waals surface area contributed by atoms with E-state index in [0.29, 0.717) is 0 Å². The van der Waals surface area contributed by atoms with Crippen molar-refractivity contribution in [2.45, 2.75) is 37.9 Å². The molecule has 0 saturated heterocycles. The monoisotopic (exact) mass is 351 g/mol. The highest BCUT2D eigenvalue weighted by molar-refractivity contribution is 7.60. The summed E-state index contributed by atoms with van der Waals surface area (Å²) in [4.78, 5) is 35.9. The smallest absolute Gasteiger partial charge is 0.481 e. The van der Waals surface area contributed by atoms with Gasteiger partial charge < -0.3 is 34.8 Å². The van der Waals surface area contributed by atoms with Crippen LogP contribution in [0.25, 0.3) is 0 Å². The zero-order chi connectivity index (χ0) is 16.9. The second kappa shape index (κ2) is 7.77. The summed E-state index contributed by atoms with van der Waals surface area (Å²) < 4.78 is 29.1. The van der Waals surface area contributed by atoms with Gasteiger partial charge in [-0.1, -0.05) is 0 Å². The van der Waals surface area contributed by atoms with Gasteiger partial charge in [-0.3, -0.25) is 4.52 Å². The van der Waals surface area contributed by atoms with E-state index in [0.717, 1.165) is 6.92 Å². The lowest BCUT2D eigenvalue weighted by atomic mass is 9.94. The van der Waals surface area contributed by atoms with Gasteiger partial charge in [-0.05, 0) is 13.3 Å². The largest absolute Gasteiger partial charge is 0.550 e. The third kappa shape index (κ3) is 11.9. The van der Waals surface area contributed by atoms with Crippen molar-refractivity contribution < 1.29 is 52.8 Å². The number of carboxylic acid groups (broad SMARTS) is 1. The zero-order valence-electron chi connectivity index (χ0n) is 11.0. The van der Waals surface area contributed by atoms with Crippen LogP contribution in [-0.2, 0) is 22.8 Å². The number of hydrogen-bond acceptors (Lipinski definition) is 8. The number of aliphatic hydroxyl groups is 2. The van der Waals surface area contributed by atoms with Crippen LogP contribution in [0.4, 0.5) is 0 Å². The number of carbonyl (C=O) groups is 1. The minimum absolute atomic E-state index is 0.307. The Bertz CT molecular complexity index is 442. The van der Waals surface area contributed by atoms with Crippen molar-refractivity contribution in [3.8, 4) is 0 Å². The quantitative estimate of drug-likeness (QED) is 0.280. The SMILES string of the molecule is CC(O)(CC(=O)[O-])CC(O)CCOP(=O)(O)OP(=O)(O)O. The summed E-state index contributed by atoms with van der Waals surface area (Å²) in [5.41, 5.74) is -1.75. The molecule has 3 unspecified atom stereocenters. The van der Waals surface area contributed by atoms with Crippen LogP contribution in [0, 0.1) is 0 Å². The van der Waals surface area contributed by atoms with E-state index in [4.69, 9.17) is 14.7 Å². The van der Waals surface area contributed by atoms with Crippen molar-refractivity contribution in [1.82, 2.24) is 0 Å². The number of rotatable bonds is 10. The molecule has 0 aliphatic carbocycles. The first-order valence-corrected chi connectivity index (χ1v) is 8.59. The molecular weight excluding hydrogens is 334 g/mol. The Kier molecular flexibility index (Phi) is 7.64. The maximum absolute atomic E-state index is 11.0. The predicted molar refractivity (Wildman–Crippen MR) is 64.4 cm³/mol. The highest BCUT2D eigenvalue weighted by Gasteiger charge is 2.32. The van der Waals surface area contributed by atoms with Gasteiger partial charge in [-0.25, -0.2) is 9.13 Å². The molecular formula is C8H17O11P2-. The first-order valence-electron chi connectivity index (χ1n) is 5.57. The summed E-state index contributed by atoms with van der Waals surface area (Å²) in [5, 5.41) is 29.5. The van der Waals surface area contributed by atoms with Gasteiger partial charge in [-0.15, -0.1) is 0 Å². The van der Waals surface area contributed by atoms with Gasteiger partial charge in [0, 0.05) is 18.8 Å². The van der Waals surface area contributed by atoms with E-state index >= 15 is 0 Å². The van der Waals surface area contributed by atoms with Gasteiger partial charge >= 0.3 is 15.6 Å². The van der Waals surface area contributed by atoms with Gasteiger partial charge in [0.25, 0.3) is 0 Å². The summed E-state index contributed by atoms with van der Waals surface area (Å²) in [7, 11) is -10.2. The van der Waals surface area contributed by atoms with Crippen LogP contribution < -0.4 is 5.11 Å². The number of aliphatic hydroxyl groups excluding tert-OH is 1. The Hall–Kier alpha value is -0.350. The van der Waals surface area contributed by atoms with Crippen molar-refractivity contribution in [3.05, 3.63) is 0 Å². The molecule has 11 nitrogen and oxygen atoms in total. The highest BCUT2D eigenvalue weighted by atomic mass is 31.3. The average molecular weight is 351 g/mol. The number of aliphatic carboxylic acids is 1. The molecule has 3 atom stereocenters. The molecule has 13 heteroatoms. The topological polar surface area (TPSA) is 194 Å². The molecule has 0 heterocycles. The number of phosphoric ester groups is 1. The van der Waals surface area contributed by atoms with Gasteiger partial charge in [0.05, 0.1) is 18.3 Å². The molecule has 21 heavy (non-hydrogen) atoms. The van der Waals surface area contributed by atoms with Gasteiger partial charge in [0.1, 0.15) is 0 Å². The molecule has 0 fully saturated rings. The molecule has 0 amide bonds. The van der Waals surface area contributed by atoms with Crippen molar-refractivity contribution in [2.24, 2.45) is 0 Å². The Balaban J connectivity index is 4.21. The molecule has 0 bridgehead atoms. The summed E-state index contributed by atoms with van der Waals surface area (Å²) in [6, 6.07) is 0. The minimum atomic E-state index is -5.21. The predicted octanol–water partition coefficient (Wildman–Crippen LogP) is -1.76.